The molecule has 3 rings (SSSR count). The lowest BCUT2D eigenvalue weighted by atomic mass is 10.2. The minimum atomic E-state index is 0.0270. The van der Waals surface area contributed by atoms with Gasteiger partial charge in [0, 0.05) is 23.2 Å². The normalized spacial score (nSPS) is 10.5. The molecule has 0 spiro atoms. The molecule has 1 N–H and O–H groups in total. The topological polar surface area (TPSA) is 77.2 Å². The quantitative estimate of drug-likeness (QED) is 0.676. The van der Waals surface area contributed by atoms with Crippen molar-refractivity contribution >= 4 is 11.6 Å². The van der Waals surface area contributed by atoms with E-state index in [2.05, 4.69) is 22.4 Å². The highest BCUT2D eigenvalue weighted by Gasteiger charge is 2.11. The van der Waals surface area contributed by atoms with Crippen LogP contribution in [-0.4, -0.2) is 23.2 Å². The summed E-state index contributed by atoms with van der Waals surface area (Å²) in [5.41, 5.74) is 2.40. The van der Waals surface area contributed by atoms with E-state index in [0.29, 0.717) is 18.1 Å². The monoisotopic (exact) mass is 351 g/mol. The van der Waals surface area contributed by atoms with Crippen LogP contribution in [0.5, 0.6) is 5.75 Å². The lowest BCUT2D eigenvalue weighted by Crippen LogP contribution is -2.10. The van der Waals surface area contributed by atoms with Gasteiger partial charge in [0.05, 0.1) is 7.11 Å². The second-order valence-electron chi connectivity index (χ2n) is 5.88. The van der Waals surface area contributed by atoms with Gasteiger partial charge in [-0.05, 0) is 55.0 Å². The van der Waals surface area contributed by atoms with Crippen LogP contribution in [0.15, 0.2) is 53.1 Å². The van der Waals surface area contributed by atoms with Crippen molar-refractivity contribution in [2.45, 2.75) is 26.2 Å². The average Bonchev–Trinajstić information content (AvgIpc) is 3.17. The lowest BCUT2D eigenvalue weighted by Gasteiger charge is -2.04. The van der Waals surface area contributed by atoms with Crippen molar-refractivity contribution in [3.63, 3.8) is 0 Å². The van der Waals surface area contributed by atoms with Crippen molar-refractivity contribution in [3.8, 4) is 28.6 Å². The van der Waals surface area contributed by atoms with Crippen molar-refractivity contribution < 1.29 is 14.1 Å². The number of ether oxygens (including phenoxy) is 1. The molecule has 1 aromatic heterocycles. The average molecular weight is 351 g/mol. The minimum Gasteiger partial charge on any atom is -0.497 e. The number of amides is 1. The first-order valence-corrected chi connectivity index (χ1v) is 8.58. The number of rotatable bonds is 7. The van der Waals surface area contributed by atoms with Crippen LogP contribution < -0.4 is 10.1 Å². The maximum atomic E-state index is 11.8. The van der Waals surface area contributed by atoms with E-state index in [1.807, 2.05) is 48.5 Å². The molecule has 134 valence electrons. The van der Waals surface area contributed by atoms with Gasteiger partial charge in [0.2, 0.25) is 11.7 Å². The number of benzene rings is 2. The molecule has 0 saturated heterocycles. The molecule has 0 aliphatic rings. The van der Waals surface area contributed by atoms with E-state index < -0.39 is 0 Å². The maximum absolute atomic E-state index is 11.8. The van der Waals surface area contributed by atoms with Crippen LogP contribution in [0.25, 0.3) is 22.8 Å². The first kappa shape index (κ1) is 17.7. The fraction of sp³-hybridized carbons (Fsp3) is 0.250. The van der Waals surface area contributed by atoms with Crippen LogP contribution in [0.2, 0.25) is 0 Å². The van der Waals surface area contributed by atoms with Crippen molar-refractivity contribution in [1.29, 1.82) is 0 Å². The number of methoxy groups -OCH3 is 1. The second-order valence-corrected chi connectivity index (χ2v) is 5.88. The van der Waals surface area contributed by atoms with Gasteiger partial charge in [0.1, 0.15) is 5.75 Å². The van der Waals surface area contributed by atoms with E-state index in [4.69, 9.17) is 9.26 Å². The van der Waals surface area contributed by atoms with Gasteiger partial charge in [-0.25, -0.2) is 0 Å². The van der Waals surface area contributed by atoms with Crippen LogP contribution in [0.4, 0.5) is 5.69 Å². The smallest absolute Gasteiger partial charge is 0.258 e. The number of unbranched alkanes of at least 4 members (excludes halogenated alkanes) is 1. The van der Waals surface area contributed by atoms with Crippen LogP contribution in [-0.2, 0) is 4.79 Å². The molecule has 0 bridgehead atoms. The van der Waals surface area contributed by atoms with E-state index in [0.717, 1.165) is 35.4 Å². The van der Waals surface area contributed by atoms with Crippen LogP contribution in [0, 0.1) is 0 Å². The summed E-state index contributed by atoms with van der Waals surface area (Å²) in [6.07, 6.45) is 2.42. The molecule has 26 heavy (non-hydrogen) atoms. The summed E-state index contributed by atoms with van der Waals surface area (Å²) in [6, 6.07) is 14.8. The Morgan fingerprint density at radius 3 is 2.42 bits per heavy atom. The van der Waals surface area contributed by atoms with E-state index in [-0.39, 0.29) is 5.91 Å². The third kappa shape index (κ3) is 4.27. The Morgan fingerprint density at radius 2 is 1.77 bits per heavy atom. The predicted molar refractivity (Wildman–Crippen MR) is 99.9 cm³/mol. The molecule has 0 fully saturated rings. The molecule has 0 unspecified atom stereocenters. The summed E-state index contributed by atoms with van der Waals surface area (Å²) >= 11 is 0. The third-order valence-corrected chi connectivity index (χ3v) is 3.95. The Labute approximate surface area is 152 Å². The van der Waals surface area contributed by atoms with Gasteiger partial charge in [0.25, 0.3) is 5.89 Å². The van der Waals surface area contributed by atoms with Crippen LogP contribution in [0.3, 0.4) is 0 Å². The van der Waals surface area contributed by atoms with E-state index in [1.165, 1.54) is 0 Å². The molecule has 6 heteroatoms. The Hall–Kier alpha value is -3.15. The number of anilines is 1. The number of hydrogen-bond acceptors (Lipinski definition) is 5. The number of aromatic nitrogens is 2. The molecule has 0 radical (unpaired) electrons. The summed E-state index contributed by atoms with van der Waals surface area (Å²) in [7, 11) is 1.62. The molecule has 2 aromatic carbocycles. The number of nitrogens with zero attached hydrogens (tertiary/aromatic N) is 2. The molecule has 1 amide bonds. The van der Waals surface area contributed by atoms with E-state index in [9.17, 15) is 4.79 Å². The largest absolute Gasteiger partial charge is 0.497 e. The van der Waals surface area contributed by atoms with Gasteiger partial charge >= 0.3 is 0 Å². The Bertz CT molecular complexity index is 855. The number of carbonyl (C=O) groups is 1. The molecule has 6 nitrogen and oxygen atoms in total. The number of carbonyl (C=O) groups excluding carboxylic acids is 1. The Balaban J connectivity index is 1.69. The molecular weight excluding hydrogens is 330 g/mol. The lowest BCUT2D eigenvalue weighted by molar-refractivity contribution is -0.116. The molecule has 0 aliphatic carbocycles. The van der Waals surface area contributed by atoms with Gasteiger partial charge in [-0.1, -0.05) is 18.5 Å². The highest BCUT2D eigenvalue weighted by atomic mass is 16.5. The van der Waals surface area contributed by atoms with Crippen LogP contribution >= 0.6 is 0 Å². The predicted octanol–water partition coefficient (Wildman–Crippen LogP) is 4.54. The van der Waals surface area contributed by atoms with Crippen molar-refractivity contribution in [1.82, 2.24) is 10.1 Å². The molecule has 3 aromatic rings. The standard InChI is InChI=1S/C20H21N3O3/c1-3-4-5-18(24)21-16-10-6-15(7-11-16)20-22-19(23-26-20)14-8-12-17(25-2)13-9-14/h6-13H,3-5H2,1-2H3,(H,21,24). The molecular formula is C20H21N3O3. The fourth-order valence-electron chi connectivity index (χ4n) is 2.46. The van der Waals surface area contributed by atoms with E-state index >= 15 is 0 Å². The second kappa shape index (κ2) is 8.29. The molecule has 1 heterocycles. The summed E-state index contributed by atoms with van der Waals surface area (Å²) in [4.78, 5) is 16.2. The Kier molecular flexibility index (Phi) is 5.63. The first-order valence-electron chi connectivity index (χ1n) is 8.58. The Morgan fingerprint density at radius 1 is 1.08 bits per heavy atom. The first-order chi connectivity index (χ1) is 12.7. The molecule has 0 saturated carbocycles. The van der Waals surface area contributed by atoms with Gasteiger partial charge < -0.3 is 14.6 Å². The summed E-state index contributed by atoms with van der Waals surface area (Å²) in [6.45, 7) is 2.06. The fourth-order valence-corrected chi connectivity index (χ4v) is 2.46. The molecule has 0 aliphatic heterocycles. The highest BCUT2D eigenvalue weighted by molar-refractivity contribution is 5.90. The van der Waals surface area contributed by atoms with E-state index in [1.54, 1.807) is 7.11 Å². The van der Waals surface area contributed by atoms with Gasteiger partial charge in [-0.2, -0.15) is 4.98 Å². The zero-order chi connectivity index (χ0) is 18.4. The van der Waals surface area contributed by atoms with Crippen molar-refractivity contribution in [2.75, 3.05) is 12.4 Å². The summed E-state index contributed by atoms with van der Waals surface area (Å²) in [5, 5.41) is 6.91. The maximum Gasteiger partial charge on any atom is 0.258 e. The minimum absolute atomic E-state index is 0.0270. The van der Waals surface area contributed by atoms with Gasteiger partial charge in [-0.15, -0.1) is 0 Å². The highest BCUT2D eigenvalue weighted by Crippen LogP contribution is 2.24. The number of nitrogens with one attached hydrogen (secondary N) is 1. The van der Waals surface area contributed by atoms with Crippen molar-refractivity contribution in [3.05, 3.63) is 48.5 Å². The number of hydrogen-bond donors (Lipinski definition) is 1. The zero-order valence-electron chi connectivity index (χ0n) is 14.9. The van der Waals surface area contributed by atoms with Gasteiger partial charge in [-0.3, -0.25) is 4.79 Å². The third-order valence-electron chi connectivity index (χ3n) is 3.95. The zero-order valence-corrected chi connectivity index (χ0v) is 14.9. The van der Waals surface area contributed by atoms with Crippen LogP contribution in [0.1, 0.15) is 26.2 Å². The van der Waals surface area contributed by atoms with Crippen molar-refractivity contribution in [2.24, 2.45) is 0 Å². The summed E-state index contributed by atoms with van der Waals surface area (Å²) < 4.78 is 10.5. The summed E-state index contributed by atoms with van der Waals surface area (Å²) in [5.74, 6) is 1.74. The van der Waals surface area contributed by atoms with Gasteiger partial charge in [0.15, 0.2) is 0 Å². The molecule has 0 atom stereocenters. The SMILES string of the molecule is CCCCC(=O)Nc1ccc(-c2nc(-c3ccc(OC)cc3)no2)cc1.